The maximum absolute atomic E-state index is 14.0. The Bertz CT molecular complexity index is 1440. The monoisotopic (exact) mass is 589 g/mol. The number of carbonyl (C=O) groups is 2. The smallest absolute Gasteiger partial charge is 0.264 e. The number of nitrogens with zero attached hydrogens (tertiary/aromatic N) is 2. The Balaban J connectivity index is 2.09. The van der Waals surface area contributed by atoms with E-state index in [9.17, 15) is 18.0 Å². The minimum atomic E-state index is -4.18. The molecule has 1 atom stereocenters. The van der Waals surface area contributed by atoms with E-state index in [1.54, 1.807) is 68.4 Å². The minimum Gasteiger partial charge on any atom is -0.352 e. The van der Waals surface area contributed by atoms with Gasteiger partial charge in [0.1, 0.15) is 12.6 Å². The average Bonchev–Trinajstić information content (AvgIpc) is 2.88. The van der Waals surface area contributed by atoms with E-state index in [1.165, 1.54) is 17.0 Å². The third-order valence-electron chi connectivity index (χ3n) is 6.29. The van der Waals surface area contributed by atoms with Crippen LogP contribution in [0.4, 0.5) is 5.69 Å². The quantitative estimate of drug-likeness (QED) is 0.326. The van der Waals surface area contributed by atoms with Gasteiger partial charge in [0.25, 0.3) is 10.0 Å². The summed E-state index contributed by atoms with van der Waals surface area (Å²) in [4.78, 5) is 28.3. The summed E-state index contributed by atoms with van der Waals surface area (Å²) < 4.78 is 28.9. The van der Waals surface area contributed by atoms with Gasteiger partial charge in [0.2, 0.25) is 11.8 Å². The van der Waals surface area contributed by atoms with Gasteiger partial charge in [0, 0.05) is 22.6 Å². The molecule has 0 spiro atoms. The van der Waals surface area contributed by atoms with Gasteiger partial charge >= 0.3 is 0 Å². The first-order chi connectivity index (χ1) is 18.3. The van der Waals surface area contributed by atoms with E-state index < -0.39 is 28.5 Å². The highest BCUT2D eigenvalue weighted by Crippen LogP contribution is 2.31. The van der Waals surface area contributed by atoms with E-state index in [0.717, 1.165) is 9.87 Å². The molecule has 0 aromatic heterocycles. The lowest BCUT2D eigenvalue weighted by atomic mass is 10.1. The molecule has 0 heterocycles. The number of aryl methyl sites for hydroxylation is 1. The first-order valence-corrected chi connectivity index (χ1v) is 14.7. The molecular formula is C29H33Cl2N3O4S. The van der Waals surface area contributed by atoms with Crippen molar-refractivity contribution in [2.24, 2.45) is 0 Å². The summed E-state index contributed by atoms with van der Waals surface area (Å²) in [6, 6.07) is 17.2. The van der Waals surface area contributed by atoms with Gasteiger partial charge < -0.3 is 10.2 Å². The predicted molar refractivity (Wildman–Crippen MR) is 157 cm³/mol. The number of halogens is 2. The van der Waals surface area contributed by atoms with Gasteiger partial charge in [-0.15, -0.1) is 0 Å². The first-order valence-electron chi connectivity index (χ1n) is 12.5. The average molecular weight is 591 g/mol. The van der Waals surface area contributed by atoms with E-state index >= 15 is 0 Å². The topological polar surface area (TPSA) is 86.8 Å². The van der Waals surface area contributed by atoms with Crippen LogP contribution in [0, 0.1) is 13.8 Å². The van der Waals surface area contributed by atoms with Crippen LogP contribution < -0.4 is 9.62 Å². The molecule has 0 unspecified atom stereocenters. The van der Waals surface area contributed by atoms with Crippen molar-refractivity contribution in [2.75, 3.05) is 10.8 Å². The van der Waals surface area contributed by atoms with Crippen LogP contribution in [-0.4, -0.2) is 43.8 Å². The number of sulfonamides is 1. The van der Waals surface area contributed by atoms with Crippen LogP contribution in [0.3, 0.4) is 0 Å². The zero-order valence-corrected chi connectivity index (χ0v) is 24.9. The second kappa shape index (κ2) is 12.9. The van der Waals surface area contributed by atoms with Crippen LogP contribution in [0.25, 0.3) is 0 Å². The van der Waals surface area contributed by atoms with Gasteiger partial charge in [-0.05, 0) is 76.1 Å². The van der Waals surface area contributed by atoms with Gasteiger partial charge in [-0.3, -0.25) is 13.9 Å². The Hall–Kier alpha value is -3.07. The molecule has 0 bridgehead atoms. The number of carbonyl (C=O) groups excluding carboxylic acids is 2. The fourth-order valence-corrected chi connectivity index (χ4v) is 5.85. The van der Waals surface area contributed by atoms with Crippen molar-refractivity contribution < 1.29 is 18.0 Å². The number of anilines is 1. The molecule has 0 aliphatic carbocycles. The van der Waals surface area contributed by atoms with Gasteiger partial charge in [0.15, 0.2) is 0 Å². The molecule has 0 fully saturated rings. The summed E-state index contributed by atoms with van der Waals surface area (Å²) >= 11 is 12.7. The normalized spacial score (nSPS) is 12.2. The number of hydrogen-bond donors (Lipinski definition) is 1. The van der Waals surface area contributed by atoms with E-state index in [-0.39, 0.29) is 29.1 Å². The molecule has 1 N–H and O–H groups in total. The van der Waals surface area contributed by atoms with Crippen molar-refractivity contribution in [3.63, 3.8) is 0 Å². The summed E-state index contributed by atoms with van der Waals surface area (Å²) in [5.74, 6) is -0.936. The standard InChI is InChI=1S/C29H33Cl2N3O4S/c1-19(2)32-29(36)22(5)33(17-23-9-6-7-10-26(23)31)28(35)18-34(27-12-8-11-25(30)21(27)4)39(37,38)24-15-13-20(3)14-16-24/h6-16,19,22H,17-18H2,1-5H3,(H,32,36)/t22-/m1/s1. The van der Waals surface area contributed by atoms with E-state index in [0.29, 0.717) is 21.2 Å². The molecule has 0 saturated carbocycles. The van der Waals surface area contributed by atoms with E-state index in [2.05, 4.69) is 5.32 Å². The Morgan fingerprint density at radius 3 is 2.10 bits per heavy atom. The second-order valence-corrected chi connectivity index (χ2v) is 12.3. The van der Waals surface area contributed by atoms with Gasteiger partial charge in [-0.2, -0.15) is 0 Å². The van der Waals surface area contributed by atoms with Crippen LogP contribution >= 0.6 is 23.2 Å². The number of nitrogens with one attached hydrogen (secondary N) is 1. The highest BCUT2D eigenvalue weighted by atomic mass is 35.5. The molecule has 39 heavy (non-hydrogen) atoms. The summed E-state index contributed by atoms with van der Waals surface area (Å²) in [7, 11) is -4.18. The van der Waals surface area contributed by atoms with Crippen molar-refractivity contribution >= 4 is 50.7 Å². The molecule has 0 radical (unpaired) electrons. The maximum Gasteiger partial charge on any atom is 0.264 e. The van der Waals surface area contributed by atoms with Crippen molar-refractivity contribution in [1.82, 2.24) is 10.2 Å². The second-order valence-electron chi connectivity index (χ2n) is 9.66. The molecule has 3 aromatic rings. The molecule has 0 aliphatic rings. The summed E-state index contributed by atoms with van der Waals surface area (Å²) in [5.41, 5.74) is 2.30. The summed E-state index contributed by atoms with van der Waals surface area (Å²) in [5, 5.41) is 3.62. The van der Waals surface area contributed by atoms with E-state index in [1.807, 2.05) is 20.8 Å². The largest absolute Gasteiger partial charge is 0.352 e. The number of hydrogen-bond acceptors (Lipinski definition) is 4. The Morgan fingerprint density at radius 2 is 1.49 bits per heavy atom. The van der Waals surface area contributed by atoms with Crippen LogP contribution in [0.5, 0.6) is 0 Å². The molecule has 3 rings (SSSR count). The molecule has 3 aromatic carbocycles. The van der Waals surface area contributed by atoms with Crippen LogP contribution in [0.2, 0.25) is 10.0 Å². The predicted octanol–water partition coefficient (Wildman–Crippen LogP) is 5.75. The van der Waals surface area contributed by atoms with Gasteiger partial charge in [-0.1, -0.05) is 65.2 Å². The van der Waals surface area contributed by atoms with Crippen LogP contribution in [-0.2, 0) is 26.2 Å². The van der Waals surface area contributed by atoms with Crippen molar-refractivity contribution in [2.45, 2.75) is 58.1 Å². The van der Waals surface area contributed by atoms with Crippen molar-refractivity contribution in [1.29, 1.82) is 0 Å². The number of benzene rings is 3. The minimum absolute atomic E-state index is 0.0120. The first kappa shape index (κ1) is 30.5. The Morgan fingerprint density at radius 1 is 0.872 bits per heavy atom. The Labute approximate surface area is 240 Å². The fraction of sp³-hybridized carbons (Fsp3) is 0.310. The Kier molecular flexibility index (Phi) is 10.0. The lowest BCUT2D eigenvalue weighted by molar-refractivity contribution is -0.139. The molecule has 0 aliphatic heterocycles. The maximum atomic E-state index is 14.0. The third-order valence-corrected chi connectivity index (χ3v) is 8.84. The SMILES string of the molecule is Cc1ccc(S(=O)(=O)N(CC(=O)N(Cc2ccccc2Cl)[C@H](C)C(=O)NC(C)C)c2cccc(Cl)c2C)cc1. The lowest BCUT2D eigenvalue weighted by Gasteiger charge is -2.33. The summed E-state index contributed by atoms with van der Waals surface area (Å²) in [6.45, 7) is 8.26. The highest BCUT2D eigenvalue weighted by Gasteiger charge is 2.33. The molecule has 208 valence electrons. The molecule has 2 amide bonds. The van der Waals surface area contributed by atoms with Gasteiger partial charge in [0.05, 0.1) is 10.6 Å². The third kappa shape index (κ3) is 7.32. The summed E-state index contributed by atoms with van der Waals surface area (Å²) in [6.07, 6.45) is 0. The van der Waals surface area contributed by atoms with Crippen LogP contribution in [0.15, 0.2) is 71.6 Å². The van der Waals surface area contributed by atoms with Crippen molar-refractivity contribution in [3.8, 4) is 0 Å². The van der Waals surface area contributed by atoms with Gasteiger partial charge in [-0.25, -0.2) is 8.42 Å². The molecular weight excluding hydrogens is 557 g/mol. The van der Waals surface area contributed by atoms with Crippen LogP contribution in [0.1, 0.15) is 37.5 Å². The number of amides is 2. The molecule has 0 saturated heterocycles. The highest BCUT2D eigenvalue weighted by molar-refractivity contribution is 7.92. The molecule has 7 nitrogen and oxygen atoms in total. The lowest BCUT2D eigenvalue weighted by Crippen LogP contribution is -2.52. The fourth-order valence-electron chi connectivity index (χ4n) is 4.01. The molecule has 10 heteroatoms. The zero-order chi connectivity index (χ0) is 28.9. The van der Waals surface area contributed by atoms with Crippen molar-refractivity contribution in [3.05, 3.63) is 93.5 Å². The zero-order valence-electron chi connectivity index (χ0n) is 22.6. The number of rotatable bonds is 10. The van der Waals surface area contributed by atoms with E-state index in [4.69, 9.17) is 23.2 Å².